The normalized spacial score (nSPS) is 9.64. The average Bonchev–Trinajstić information content (AvgIpc) is 2.17. The summed E-state index contributed by atoms with van der Waals surface area (Å²) >= 11 is 0. The summed E-state index contributed by atoms with van der Waals surface area (Å²) in [5.74, 6) is 4.95. The Bertz CT molecular complexity index is 337. The maximum atomic E-state index is 11.5. The first kappa shape index (κ1) is 10.5. The van der Waals surface area contributed by atoms with Crippen LogP contribution in [0.5, 0.6) is 0 Å². The van der Waals surface area contributed by atoms with Crippen LogP contribution >= 0.6 is 0 Å². The zero-order valence-corrected chi connectivity index (χ0v) is 8.33. The number of rotatable bonds is 3. The van der Waals surface area contributed by atoms with Gasteiger partial charge in [-0.15, -0.1) is 0 Å². The van der Waals surface area contributed by atoms with Crippen molar-refractivity contribution in [3.05, 3.63) is 29.3 Å². The Labute approximate surface area is 83.0 Å². The van der Waals surface area contributed by atoms with Crippen LogP contribution in [0, 0.1) is 6.92 Å². The van der Waals surface area contributed by atoms with Crippen molar-refractivity contribution >= 4 is 11.7 Å². The highest BCUT2D eigenvalue weighted by Crippen LogP contribution is 2.19. The number of anilines is 1. The third-order valence-corrected chi connectivity index (χ3v) is 1.91. The number of hydrazine groups is 1. The monoisotopic (exact) mass is 194 g/mol. The minimum Gasteiger partial charge on any atom is -0.462 e. The van der Waals surface area contributed by atoms with Gasteiger partial charge in [-0.2, -0.15) is 0 Å². The first-order valence-corrected chi connectivity index (χ1v) is 4.44. The smallest absolute Gasteiger partial charge is 0.340 e. The fourth-order valence-corrected chi connectivity index (χ4v) is 1.26. The van der Waals surface area contributed by atoms with Gasteiger partial charge in [-0.3, -0.25) is 5.84 Å². The third kappa shape index (κ3) is 2.03. The fourth-order valence-electron chi connectivity index (χ4n) is 1.26. The second-order valence-electron chi connectivity index (χ2n) is 2.86. The predicted octanol–water partition coefficient (Wildman–Crippen LogP) is 1.46. The summed E-state index contributed by atoms with van der Waals surface area (Å²) in [6.45, 7) is 3.97. The molecular formula is C10H14N2O2. The lowest BCUT2D eigenvalue weighted by Gasteiger charge is -2.10. The number of benzene rings is 1. The highest BCUT2D eigenvalue weighted by Gasteiger charge is 2.14. The Balaban J connectivity index is 3.10. The fraction of sp³-hybridized carbons (Fsp3) is 0.300. The number of hydrogen-bond acceptors (Lipinski definition) is 4. The number of hydrogen-bond donors (Lipinski definition) is 2. The van der Waals surface area contributed by atoms with Gasteiger partial charge in [0.2, 0.25) is 0 Å². The third-order valence-electron chi connectivity index (χ3n) is 1.91. The molecule has 4 nitrogen and oxygen atoms in total. The number of esters is 1. The van der Waals surface area contributed by atoms with E-state index >= 15 is 0 Å². The van der Waals surface area contributed by atoms with Crippen molar-refractivity contribution in [1.29, 1.82) is 0 Å². The summed E-state index contributed by atoms with van der Waals surface area (Å²) in [6, 6.07) is 5.40. The van der Waals surface area contributed by atoms with Crippen molar-refractivity contribution in [3.8, 4) is 0 Å². The Hall–Kier alpha value is -1.55. The van der Waals surface area contributed by atoms with Gasteiger partial charge in [-0.25, -0.2) is 4.79 Å². The van der Waals surface area contributed by atoms with Gasteiger partial charge in [0.15, 0.2) is 0 Å². The molecule has 76 valence electrons. The van der Waals surface area contributed by atoms with E-state index in [9.17, 15) is 4.79 Å². The molecule has 0 saturated carbocycles. The first-order valence-electron chi connectivity index (χ1n) is 4.44. The van der Waals surface area contributed by atoms with E-state index in [1.54, 1.807) is 13.0 Å². The molecule has 1 rings (SSSR count). The van der Waals surface area contributed by atoms with E-state index in [2.05, 4.69) is 5.43 Å². The maximum Gasteiger partial charge on any atom is 0.340 e. The van der Waals surface area contributed by atoms with E-state index in [1.165, 1.54) is 0 Å². The van der Waals surface area contributed by atoms with Gasteiger partial charge in [0, 0.05) is 0 Å². The molecule has 0 bridgehead atoms. The predicted molar refractivity (Wildman–Crippen MR) is 54.9 cm³/mol. The largest absolute Gasteiger partial charge is 0.462 e. The second-order valence-corrected chi connectivity index (χ2v) is 2.86. The van der Waals surface area contributed by atoms with Gasteiger partial charge in [0.25, 0.3) is 0 Å². The highest BCUT2D eigenvalue weighted by molar-refractivity contribution is 5.97. The van der Waals surface area contributed by atoms with Crippen LogP contribution in [0.1, 0.15) is 22.8 Å². The molecule has 0 atom stereocenters. The molecule has 0 aliphatic heterocycles. The van der Waals surface area contributed by atoms with Crippen LogP contribution in [0.4, 0.5) is 5.69 Å². The summed E-state index contributed by atoms with van der Waals surface area (Å²) < 4.78 is 4.92. The van der Waals surface area contributed by atoms with Crippen molar-refractivity contribution in [1.82, 2.24) is 0 Å². The van der Waals surface area contributed by atoms with Crippen LogP contribution in [0.25, 0.3) is 0 Å². The molecular weight excluding hydrogens is 180 g/mol. The highest BCUT2D eigenvalue weighted by atomic mass is 16.5. The molecule has 4 heteroatoms. The zero-order valence-electron chi connectivity index (χ0n) is 8.33. The molecule has 0 spiro atoms. The molecule has 0 radical (unpaired) electrons. The van der Waals surface area contributed by atoms with E-state index in [-0.39, 0.29) is 5.97 Å². The summed E-state index contributed by atoms with van der Waals surface area (Å²) in [5, 5.41) is 0. The number of nitrogen functional groups attached to an aromatic ring is 1. The Morgan fingerprint density at radius 3 is 2.86 bits per heavy atom. The summed E-state index contributed by atoms with van der Waals surface area (Å²) in [5.41, 5.74) is 4.40. The Kier molecular flexibility index (Phi) is 3.48. The summed E-state index contributed by atoms with van der Waals surface area (Å²) in [7, 11) is 0. The SMILES string of the molecule is CCOC(=O)c1c(C)cccc1NN. The average molecular weight is 194 g/mol. The van der Waals surface area contributed by atoms with Crippen LogP contribution in [0.2, 0.25) is 0 Å². The molecule has 0 unspecified atom stereocenters. The first-order chi connectivity index (χ1) is 6.70. The lowest BCUT2D eigenvalue weighted by molar-refractivity contribution is 0.0526. The van der Waals surface area contributed by atoms with Crippen molar-refractivity contribution < 1.29 is 9.53 Å². The minimum atomic E-state index is -0.349. The Morgan fingerprint density at radius 2 is 2.29 bits per heavy atom. The molecule has 0 fully saturated rings. The van der Waals surface area contributed by atoms with Crippen LogP contribution in [0.3, 0.4) is 0 Å². The minimum absolute atomic E-state index is 0.349. The number of carbonyl (C=O) groups is 1. The van der Waals surface area contributed by atoms with E-state index < -0.39 is 0 Å². The van der Waals surface area contributed by atoms with Crippen LogP contribution in [-0.2, 0) is 4.74 Å². The van der Waals surface area contributed by atoms with Crippen molar-refractivity contribution in [3.63, 3.8) is 0 Å². The summed E-state index contributed by atoms with van der Waals surface area (Å²) in [6.07, 6.45) is 0. The molecule has 1 aromatic rings. The van der Waals surface area contributed by atoms with E-state index in [4.69, 9.17) is 10.6 Å². The molecule has 0 saturated heterocycles. The van der Waals surface area contributed by atoms with Crippen molar-refractivity contribution in [2.75, 3.05) is 12.0 Å². The molecule has 3 N–H and O–H groups in total. The van der Waals surface area contributed by atoms with E-state index in [0.717, 1.165) is 5.56 Å². The number of ether oxygens (including phenoxy) is 1. The molecule has 0 aromatic heterocycles. The van der Waals surface area contributed by atoms with E-state index in [0.29, 0.717) is 17.9 Å². The number of nitrogens with one attached hydrogen (secondary N) is 1. The molecule has 14 heavy (non-hydrogen) atoms. The lowest BCUT2D eigenvalue weighted by Crippen LogP contribution is -2.15. The van der Waals surface area contributed by atoms with Gasteiger partial charge in [-0.1, -0.05) is 12.1 Å². The number of nitrogens with two attached hydrogens (primary N) is 1. The lowest BCUT2D eigenvalue weighted by atomic mass is 10.1. The van der Waals surface area contributed by atoms with Gasteiger partial charge in [0.05, 0.1) is 17.9 Å². The van der Waals surface area contributed by atoms with Crippen molar-refractivity contribution in [2.24, 2.45) is 5.84 Å². The molecule has 0 aliphatic carbocycles. The molecule has 0 amide bonds. The van der Waals surface area contributed by atoms with Crippen molar-refractivity contribution in [2.45, 2.75) is 13.8 Å². The molecule has 0 aliphatic rings. The van der Waals surface area contributed by atoms with Crippen LogP contribution in [0.15, 0.2) is 18.2 Å². The number of aryl methyl sites for hydroxylation is 1. The van der Waals surface area contributed by atoms with Gasteiger partial charge in [0.1, 0.15) is 0 Å². The van der Waals surface area contributed by atoms with Gasteiger partial charge >= 0.3 is 5.97 Å². The van der Waals surface area contributed by atoms with Gasteiger partial charge in [-0.05, 0) is 25.5 Å². The van der Waals surface area contributed by atoms with Crippen LogP contribution in [-0.4, -0.2) is 12.6 Å². The zero-order chi connectivity index (χ0) is 10.6. The second kappa shape index (κ2) is 4.62. The van der Waals surface area contributed by atoms with E-state index in [1.807, 2.05) is 19.1 Å². The number of carbonyl (C=O) groups excluding carboxylic acids is 1. The van der Waals surface area contributed by atoms with Crippen LogP contribution < -0.4 is 11.3 Å². The standard InChI is InChI=1S/C10H14N2O2/c1-3-14-10(13)9-7(2)5-4-6-8(9)12-11/h4-6,12H,3,11H2,1-2H3. The summed E-state index contributed by atoms with van der Waals surface area (Å²) in [4.78, 5) is 11.5. The molecule has 1 aromatic carbocycles. The molecule has 0 heterocycles. The topological polar surface area (TPSA) is 64.3 Å². The quantitative estimate of drug-likeness (QED) is 0.434. The van der Waals surface area contributed by atoms with Gasteiger partial charge < -0.3 is 10.2 Å². The maximum absolute atomic E-state index is 11.5. The Morgan fingerprint density at radius 1 is 1.57 bits per heavy atom.